The van der Waals surface area contributed by atoms with E-state index in [1.54, 1.807) is 36.7 Å². The summed E-state index contributed by atoms with van der Waals surface area (Å²) in [5.74, 6) is 0.408. The van der Waals surface area contributed by atoms with Crippen molar-refractivity contribution in [2.75, 3.05) is 23.3 Å². The Labute approximate surface area is 128 Å². The highest BCUT2D eigenvalue weighted by Crippen LogP contribution is 2.15. The van der Waals surface area contributed by atoms with Crippen LogP contribution >= 0.6 is 0 Å². The molecular formula is C16H15N5O. The summed E-state index contributed by atoms with van der Waals surface area (Å²) < 4.78 is 0. The first-order valence-electron chi connectivity index (χ1n) is 7.15. The van der Waals surface area contributed by atoms with Crippen molar-refractivity contribution >= 4 is 17.5 Å². The zero-order valence-corrected chi connectivity index (χ0v) is 12.0. The molecule has 6 nitrogen and oxygen atoms in total. The molecule has 2 aromatic rings. The highest BCUT2D eigenvalue weighted by molar-refractivity contribution is 6.03. The van der Waals surface area contributed by atoms with Crippen LogP contribution in [-0.4, -0.2) is 29.0 Å². The van der Waals surface area contributed by atoms with Gasteiger partial charge in [0, 0.05) is 31.2 Å². The van der Waals surface area contributed by atoms with Gasteiger partial charge in [-0.25, -0.2) is 9.97 Å². The fourth-order valence-electron chi connectivity index (χ4n) is 2.35. The van der Waals surface area contributed by atoms with Crippen LogP contribution in [-0.2, 0) is 0 Å². The number of amides is 1. The molecule has 1 aromatic carbocycles. The molecule has 3 rings (SSSR count). The number of nitrogens with one attached hydrogen (secondary N) is 1. The normalized spacial score (nSPS) is 13.7. The molecule has 1 amide bonds. The van der Waals surface area contributed by atoms with E-state index in [1.807, 2.05) is 6.07 Å². The summed E-state index contributed by atoms with van der Waals surface area (Å²) in [6, 6.07) is 8.73. The topological polar surface area (TPSA) is 81.9 Å². The first kappa shape index (κ1) is 14.0. The van der Waals surface area contributed by atoms with Crippen LogP contribution < -0.4 is 10.2 Å². The highest BCUT2D eigenvalue weighted by Gasteiger charge is 2.15. The second-order valence-electron chi connectivity index (χ2n) is 5.11. The largest absolute Gasteiger partial charge is 0.341 e. The molecule has 0 unspecified atom stereocenters. The molecule has 22 heavy (non-hydrogen) atoms. The summed E-state index contributed by atoms with van der Waals surface area (Å²) in [6.45, 7) is 1.94. The SMILES string of the molecule is N#Cc1ccc(NC(=O)c2cnc(N3CCCC3)nc2)cc1. The maximum absolute atomic E-state index is 12.1. The monoisotopic (exact) mass is 293 g/mol. The average molecular weight is 293 g/mol. The fraction of sp³-hybridized carbons (Fsp3) is 0.250. The first-order chi connectivity index (χ1) is 10.8. The molecule has 1 aromatic heterocycles. The lowest BCUT2D eigenvalue weighted by Gasteiger charge is -2.14. The van der Waals surface area contributed by atoms with E-state index in [0.29, 0.717) is 22.8 Å². The van der Waals surface area contributed by atoms with Crippen LogP contribution in [0.4, 0.5) is 11.6 Å². The van der Waals surface area contributed by atoms with Crippen LogP contribution in [0.25, 0.3) is 0 Å². The Morgan fingerprint density at radius 1 is 1.14 bits per heavy atom. The van der Waals surface area contributed by atoms with Crippen molar-refractivity contribution in [1.82, 2.24) is 9.97 Å². The summed E-state index contributed by atoms with van der Waals surface area (Å²) in [7, 11) is 0. The lowest BCUT2D eigenvalue weighted by Crippen LogP contribution is -2.21. The van der Waals surface area contributed by atoms with E-state index in [-0.39, 0.29) is 5.91 Å². The zero-order chi connectivity index (χ0) is 15.4. The van der Waals surface area contributed by atoms with Crippen molar-refractivity contribution in [3.63, 3.8) is 0 Å². The van der Waals surface area contributed by atoms with Crippen molar-refractivity contribution in [3.05, 3.63) is 47.8 Å². The molecule has 0 aliphatic carbocycles. The molecule has 1 saturated heterocycles. The number of carbonyl (C=O) groups excluding carboxylic acids is 1. The van der Waals surface area contributed by atoms with Gasteiger partial charge in [0.05, 0.1) is 17.2 Å². The standard InChI is InChI=1S/C16H15N5O/c17-9-12-3-5-14(6-4-12)20-15(22)13-10-18-16(19-11-13)21-7-1-2-8-21/h3-6,10-11H,1-2,7-8H2,(H,20,22). The number of anilines is 2. The van der Waals surface area contributed by atoms with Crippen molar-refractivity contribution in [1.29, 1.82) is 5.26 Å². The summed E-state index contributed by atoms with van der Waals surface area (Å²) in [6.07, 6.45) is 5.40. The van der Waals surface area contributed by atoms with E-state index < -0.39 is 0 Å². The number of aromatic nitrogens is 2. The molecular weight excluding hydrogens is 278 g/mol. The minimum atomic E-state index is -0.266. The van der Waals surface area contributed by atoms with Crippen LogP contribution in [0.3, 0.4) is 0 Å². The molecule has 1 aliphatic rings. The number of rotatable bonds is 3. The highest BCUT2D eigenvalue weighted by atomic mass is 16.1. The molecule has 1 fully saturated rings. The second kappa shape index (κ2) is 6.22. The van der Waals surface area contributed by atoms with Crippen LogP contribution in [0.2, 0.25) is 0 Å². The quantitative estimate of drug-likeness (QED) is 0.938. The Morgan fingerprint density at radius 2 is 1.77 bits per heavy atom. The lowest BCUT2D eigenvalue weighted by molar-refractivity contribution is 0.102. The van der Waals surface area contributed by atoms with Crippen LogP contribution in [0.15, 0.2) is 36.7 Å². The summed E-state index contributed by atoms with van der Waals surface area (Å²) in [5.41, 5.74) is 1.59. The number of benzene rings is 1. The van der Waals surface area contributed by atoms with Gasteiger partial charge < -0.3 is 10.2 Å². The molecule has 1 aliphatic heterocycles. The van der Waals surface area contributed by atoms with E-state index in [4.69, 9.17) is 5.26 Å². The van der Waals surface area contributed by atoms with Crippen molar-refractivity contribution in [2.24, 2.45) is 0 Å². The number of hydrogen-bond acceptors (Lipinski definition) is 5. The minimum Gasteiger partial charge on any atom is -0.341 e. The third-order valence-corrected chi connectivity index (χ3v) is 3.56. The van der Waals surface area contributed by atoms with E-state index >= 15 is 0 Å². The summed E-state index contributed by atoms with van der Waals surface area (Å²) in [5, 5.41) is 11.5. The van der Waals surface area contributed by atoms with Gasteiger partial charge in [-0.1, -0.05) is 0 Å². The predicted octanol–water partition coefficient (Wildman–Crippen LogP) is 2.20. The predicted molar refractivity (Wildman–Crippen MR) is 82.6 cm³/mol. The third kappa shape index (κ3) is 3.04. The van der Waals surface area contributed by atoms with Gasteiger partial charge in [0.25, 0.3) is 5.91 Å². The maximum atomic E-state index is 12.1. The van der Waals surface area contributed by atoms with E-state index in [0.717, 1.165) is 25.9 Å². The molecule has 0 saturated carbocycles. The maximum Gasteiger partial charge on any atom is 0.258 e. The van der Waals surface area contributed by atoms with Crippen molar-refractivity contribution < 1.29 is 4.79 Å². The third-order valence-electron chi connectivity index (χ3n) is 3.56. The number of nitrogens with zero attached hydrogens (tertiary/aromatic N) is 4. The smallest absolute Gasteiger partial charge is 0.258 e. The Balaban J connectivity index is 1.67. The van der Waals surface area contributed by atoms with Crippen LogP contribution in [0, 0.1) is 11.3 Å². The fourth-order valence-corrected chi connectivity index (χ4v) is 2.35. The Bertz CT molecular complexity index is 697. The number of nitriles is 1. The van der Waals surface area contributed by atoms with E-state index in [9.17, 15) is 4.79 Å². The molecule has 6 heteroatoms. The van der Waals surface area contributed by atoms with Gasteiger partial charge in [-0.3, -0.25) is 4.79 Å². The Kier molecular flexibility index (Phi) is 3.97. The number of hydrogen-bond donors (Lipinski definition) is 1. The first-order valence-corrected chi connectivity index (χ1v) is 7.15. The average Bonchev–Trinajstić information content (AvgIpc) is 3.10. The lowest BCUT2D eigenvalue weighted by atomic mass is 10.2. The number of carbonyl (C=O) groups is 1. The molecule has 1 N–H and O–H groups in total. The van der Waals surface area contributed by atoms with Gasteiger partial charge in [-0.15, -0.1) is 0 Å². The molecule has 2 heterocycles. The van der Waals surface area contributed by atoms with Gasteiger partial charge in [0.15, 0.2) is 0 Å². The van der Waals surface area contributed by atoms with Gasteiger partial charge in [0.2, 0.25) is 5.95 Å². The molecule has 0 bridgehead atoms. The van der Waals surface area contributed by atoms with Crippen LogP contribution in [0.5, 0.6) is 0 Å². The Hall–Kier alpha value is -2.94. The van der Waals surface area contributed by atoms with Crippen molar-refractivity contribution in [2.45, 2.75) is 12.8 Å². The molecule has 0 radical (unpaired) electrons. The molecule has 110 valence electrons. The summed E-state index contributed by atoms with van der Waals surface area (Å²) in [4.78, 5) is 22.8. The second-order valence-corrected chi connectivity index (χ2v) is 5.11. The zero-order valence-electron chi connectivity index (χ0n) is 12.0. The van der Waals surface area contributed by atoms with Gasteiger partial charge >= 0.3 is 0 Å². The van der Waals surface area contributed by atoms with Gasteiger partial charge in [-0.05, 0) is 37.1 Å². The van der Waals surface area contributed by atoms with Gasteiger partial charge in [-0.2, -0.15) is 5.26 Å². The summed E-state index contributed by atoms with van der Waals surface area (Å²) >= 11 is 0. The molecule has 0 atom stereocenters. The van der Waals surface area contributed by atoms with Crippen molar-refractivity contribution in [3.8, 4) is 6.07 Å². The minimum absolute atomic E-state index is 0.266. The molecule has 0 spiro atoms. The van der Waals surface area contributed by atoms with Crippen LogP contribution in [0.1, 0.15) is 28.8 Å². The van der Waals surface area contributed by atoms with E-state index in [2.05, 4.69) is 20.2 Å². The van der Waals surface area contributed by atoms with Gasteiger partial charge in [0.1, 0.15) is 0 Å². The van der Waals surface area contributed by atoms with E-state index in [1.165, 1.54) is 0 Å². The Morgan fingerprint density at radius 3 is 2.36 bits per heavy atom.